The molecule has 0 nitrogen and oxygen atoms in total. The van der Waals surface area contributed by atoms with E-state index < -0.39 is 0 Å². The molecule has 1 aliphatic rings. The van der Waals surface area contributed by atoms with Crippen molar-refractivity contribution in [3.8, 4) is 0 Å². The van der Waals surface area contributed by atoms with E-state index in [4.69, 9.17) is 0 Å². The van der Waals surface area contributed by atoms with Gasteiger partial charge in [0.2, 0.25) is 0 Å². The molecule has 0 amide bonds. The minimum atomic E-state index is 1.08. The van der Waals surface area contributed by atoms with Gasteiger partial charge < -0.3 is 0 Å². The van der Waals surface area contributed by atoms with E-state index in [1.165, 1.54) is 16.7 Å². The molecule has 0 N–H and O–H groups in total. The molecule has 0 aliphatic heterocycles. The van der Waals surface area contributed by atoms with Crippen LogP contribution in [0.3, 0.4) is 0 Å². The number of allylic oxidation sites excluding steroid dienone is 2. The molecule has 1 aromatic rings. The molecule has 1 aliphatic carbocycles. The summed E-state index contributed by atoms with van der Waals surface area (Å²) in [4.78, 5) is 0. The van der Waals surface area contributed by atoms with Crippen molar-refractivity contribution in [2.45, 2.75) is 6.42 Å². The van der Waals surface area contributed by atoms with Crippen molar-refractivity contribution in [1.82, 2.24) is 0 Å². The van der Waals surface area contributed by atoms with Crippen molar-refractivity contribution in [2.75, 3.05) is 0 Å². The van der Waals surface area contributed by atoms with Crippen LogP contribution in [0.25, 0.3) is 6.08 Å². The molecule has 0 bridgehead atoms. The van der Waals surface area contributed by atoms with Gasteiger partial charge in [-0.05, 0) is 17.5 Å². The van der Waals surface area contributed by atoms with Gasteiger partial charge in [0, 0.05) is 6.42 Å². The maximum absolute atomic E-state index is 3.72. The van der Waals surface area contributed by atoms with E-state index in [0.717, 1.165) is 6.42 Å². The van der Waals surface area contributed by atoms with Crippen LogP contribution in [0.15, 0.2) is 42.5 Å². The largest absolute Gasteiger partial charge is 0.0985 e. The third kappa shape index (κ3) is 1.65. The molecule has 0 fully saturated rings. The Hall–Kier alpha value is -1.30. The SMILES string of the molecule is C=Cc1ccc(CC2=C[CH]2)cc1. The third-order valence-electron chi connectivity index (χ3n) is 2.03. The van der Waals surface area contributed by atoms with E-state index in [-0.39, 0.29) is 0 Å². The second kappa shape index (κ2) is 2.98. The van der Waals surface area contributed by atoms with E-state index >= 15 is 0 Å². The van der Waals surface area contributed by atoms with Crippen LogP contribution in [-0.4, -0.2) is 0 Å². The van der Waals surface area contributed by atoms with E-state index in [9.17, 15) is 0 Å². The molecule has 0 spiro atoms. The molecular formula is C12H11. The summed E-state index contributed by atoms with van der Waals surface area (Å²) >= 11 is 0. The highest BCUT2D eigenvalue weighted by molar-refractivity contribution is 5.49. The Balaban J connectivity index is 2.12. The molecular weight excluding hydrogens is 144 g/mol. The Bertz CT molecular complexity index is 314. The molecule has 59 valence electrons. The zero-order valence-electron chi connectivity index (χ0n) is 6.96. The monoisotopic (exact) mass is 155 g/mol. The van der Waals surface area contributed by atoms with Gasteiger partial charge >= 0.3 is 0 Å². The maximum Gasteiger partial charge on any atom is 0.00838 e. The van der Waals surface area contributed by atoms with Crippen LogP contribution in [0.4, 0.5) is 0 Å². The van der Waals surface area contributed by atoms with Gasteiger partial charge in [0.1, 0.15) is 0 Å². The number of rotatable bonds is 3. The maximum atomic E-state index is 3.72. The normalized spacial score (nSPS) is 13.8. The lowest BCUT2D eigenvalue weighted by atomic mass is 10.1. The Morgan fingerprint density at radius 2 is 1.83 bits per heavy atom. The standard InChI is InChI=1S/C12H11/c1-2-10-3-5-11(6-4-10)9-12-7-8-12/h2-8H,1,9H2. The van der Waals surface area contributed by atoms with Crippen molar-refractivity contribution in [3.63, 3.8) is 0 Å². The smallest absolute Gasteiger partial charge is 0.00838 e. The van der Waals surface area contributed by atoms with Gasteiger partial charge in [-0.3, -0.25) is 0 Å². The summed E-state index contributed by atoms with van der Waals surface area (Å²) < 4.78 is 0. The number of hydrogen-bond donors (Lipinski definition) is 0. The Morgan fingerprint density at radius 1 is 1.17 bits per heavy atom. The van der Waals surface area contributed by atoms with Crippen molar-refractivity contribution < 1.29 is 0 Å². The van der Waals surface area contributed by atoms with Crippen LogP contribution in [0, 0.1) is 6.42 Å². The third-order valence-corrected chi connectivity index (χ3v) is 2.03. The van der Waals surface area contributed by atoms with E-state index in [1.807, 2.05) is 6.08 Å². The van der Waals surface area contributed by atoms with Crippen LogP contribution in [0.1, 0.15) is 11.1 Å². The predicted molar refractivity (Wildman–Crippen MR) is 52.6 cm³/mol. The van der Waals surface area contributed by atoms with Crippen LogP contribution >= 0.6 is 0 Å². The molecule has 12 heavy (non-hydrogen) atoms. The lowest BCUT2D eigenvalue weighted by Gasteiger charge is -1.97. The fraction of sp³-hybridized carbons (Fsp3) is 0.0833. The highest BCUT2D eigenvalue weighted by Gasteiger charge is 2.07. The first-order chi connectivity index (χ1) is 5.88. The summed E-state index contributed by atoms with van der Waals surface area (Å²) in [5.74, 6) is 0. The number of benzene rings is 1. The molecule has 0 unspecified atom stereocenters. The van der Waals surface area contributed by atoms with Crippen molar-refractivity contribution >= 4 is 6.08 Å². The van der Waals surface area contributed by atoms with Gasteiger partial charge in [-0.1, -0.05) is 48.6 Å². The zero-order valence-corrected chi connectivity index (χ0v) is 6.96. The summed E-state index contributed by atoms with van der Waals surface area (Å²) in [6.45, 7) is 3.72. The lowest BCUT2D eigenvalue weighted by Crippen LogP contribution is -1.81. The minimum absolute atomic E-state index is 1.08. The minimum Gasteiger partial charge on any atom is -0.0985 e. The fourth-order valence-electron chi connectivity index (χ4n) is 1.18. The topological polar surface area (TPSA) is 0 Å². The van der Waals surface area contributed by atoms with E-state index in [1.54, 1.807) is 0 Å². The molecule has 1 aromatic carbocycles. The summed E-state index contributed by atoms with van der Waals surface area (Å²) in [5, 5.41) is 0. The molecule has 0 heterocycles. The molecule has 0 atom stereocenters. The molecule has 2 rings (SSSR count). The molecule has 0 saturated carbocycles. The average molecular weight is 155 g/mol. The van der Waals surface area contributed by atoms with Gasteiger partial charge in [-0.2, -0.15) is 0 Å². The summed E-state index contributed by atoms with van der Waals surface area (Å²) in [7, 11) is 0. The van der Waals surface area contributed by atoms with Gasteiger partial charge in [0.15, 0.2) is 0 Å². The summed E-state index contributed by atoms with van der Waals surface area (Å²) in [6.07, 6.45) is 7.26. The second-order valence-electron chi connectivity index (χ2n) is 3.03. The fourth-order valence-corrected chi connectivity index (χ4v) is 1.18. The highest BCUT2D eigenvalue weighted by atomic mass is 14.1. The second-order valence-corrected chi connectivity index (χ2v) is 3.03. The first-order valence-electron chi connectivity index (χ1n) is 4.14. The lowest BCUT2D eigenvalue weighted by molar-refractivity contribution is 1.24. The van der Waals surface area contributed by atoms with Gasteiger partial charge in [0.25, 0.3) is 0 Å². The first kappa shape index (κ1) is 7.35. The van der Waals surface area contributed by atoms with E-state index in [0.29, 0.717) is 0 Å². The number of hydrogen-bond acceptors (Lipinski definition) is 0. The van der Waals surface area contributed by atoms with Crippen molar-refractivity contribution in [1.29, 1.82) is 0 Å². The molecule has 0 aromatic heterocycles. The predicted octanol–water partition coefficient (Wildman–Crippen LogP) is 3.02. The van der Waals surface area contributed by atoms with Crippen LogP contribution in [0.2, 0.25) is 0 Å². The molecule has 1 radical (unpaired) electrons. The summed E-state index contributed by atoms with van der Waals surface area (Å²) in [6, 6.07) is 8.52. The Kier molecular flexibility index (Phi) is 1.83. The van der Waals surface area contributed by atoms with Gasteiger partial charge in [0.05, 0.1) is 0 Å². The first-order valence-corrected chi connectivity index (χ1v) is 4.14. The van der Waals surface area contributed by atoms with Crippen LogP contribution in [-0.2, 0) is 6.42 Å². The zero-order chi connectivity index (χ0) is 8.39. The van der Waals surface area contributed by atoms with Gasteiger partial charge in [-0.15, -0.1) is 0 Å². The molecule has 0 saturated heterocycles. The Labute approximate surface area is 73.2 Å². The van der Waals surface area contributed by atoms with E-state index in [2.05, 4.69) is 43.3 Å². The molecule has 0 heteroatoms. The van der Waals surface area contributed by atoms with Crippen LogP contribution < -0.4 is 0 Å². The Morgan fingerprint density at radius 3 is 2.33 bits per heavy atom. The van der Waals surface area contributed by atoms with Crippen molar-refractivity contribution in [2.24, 2.45) is 0 Å². The van der Waals surface area contributed by atoms with Crippen LogP contribution in [0.5, 0.6) is 0 Å². The summed E-state index contributed by atoms with van der Waals surface area (Å²) in [5.41, 5.74) is 4.01. The quantitative estimate of drug-likeness (QED) is 0.629. The highest BCUT2D eigenvalue weighted by Crippen LogP contribution is 2.22. The van der Waals surface area contributed by atoms with Crippen molar-refractivity contribution in [3.05, 3.63) is 60.0 Å². The average Bonchev–Trinajstić information content (AvgIpc) is 2.90. The van der Waals surface area contributed by atoms with Gasteiger partial charge in [-0.25, -0.2) is 0 Å².